The topological polar surface area (TPSA) is 0 Å². The molecule has 0 aliphatic carbocycles. The fourth-order valence-corrected chi connectivity index (χ4v) is 2.86. The first-order valence-electron chi connectivity index (χ1n) is 4.74. The summed E-state index contributed by atoms with van der Waals surface area (Å²) in [6, 6.07) is 3.70. The number of thioether (sulfide) groups is 1. The predicted molar refractivity (Wildman–Crippen MR) is 64.5 cm³/mol. The summed E-state index contributed by atoms with van der Waals surface area (Å²) in [4.78, 5) is 0.749. The van der Waals surface area contributed by atoms with Crippen molar-refractivity contribution in [3.63, 3.8) is 0 Å². The Balaban J connectivity index is 2.79. The molecule has 0 aliphatic rings. The second-order valence-corrected chi connectivity index (χ2v) is 5.17. The van der Waals surface area contributed by atoms with Crippen LogP contribution in [-0.4, -0.2) is 5.75 Å². The van der Waals surface area contributed by atoms with Crippen molar-refractivity contribution in [3.8, 4) is 0 Å². The van der Waals surface area contributed by atoms with E-state index in [9.17, 15) is 4.39 Å². The third-order valence-electron chi connectivity index (χ3n) is 1.99. The molecular formula is C11H14BrFS. The van der Waals surface area contributed by atoms with Crippen LogP contribution in [-0.2, 0) is 0 Å². The standard InChI is InChI=1S/C11H14BrFS/c1-3-4-7-14-11-9(12)6-5-8(2)10(11)13/h5-6H,3-4,7H2,1-2H3. The Kier molecular flexibility index (Phi) is 4.96. The number of aryl methyl sites for hydroxylation is 1. The zero-order chi connectivity index (χ0) is 10.6. The predicted octanol–water partition coefficient (Wildman–Crippen LogP) is 4.79. The molecule has 0 amide bonds. The maximum atomic E-state index is 13.6. The van der Waals surface area contributed by atoms with Crippen molar-refractivity contribution < 1.29 is 4.39 Å². The molecule has 0 atom stereocenters. The highest BCUT2D eigenvalue weighted by atomic mass is 79.9. The average molecular weight is 277 g/mol. The van der Waals surface area contributed by atoms with Gasteiger partial charge in [0.2, 0.25) is 0 Å². The van der Waals surface area contributed by atoms with Crippen molar-refractivity contribution in [1.29, 1.82) is 0 Å². The number of unbranched alkanes of at least 4 members (excludes halogenated alkanes) is 1. The Morgan fingerprint density at radius 1 is 1.43 bits per heavy atom. The quantitative estimate of drug-likeness (QED) is 0.563. The van der Waals surface area contributed by atoms with E-state index in [0.717, 1.165) is 28.0 Å². The summed E-state index contributed by atoms with van der Waals surface area (Å²) in [5, 5.41) is 0. The van der Waals surface area contributed by atoms with E-state index in [2.05, 4.69) is 22.9 Å². The molecule has 0 unspecified atom stereocenters. The summed E-state index contributed by atoms with van der Waals surface area (Å²) in [7, 11) is 0. The molecule has 78 valence electrons. The van der Waals surface area contributed by atoms with Gasteiger partial charge in [-0.05, 0) is 46.7 Å². The van der Waals surface area contributed by atoms with Crippen LogP contribution in [0.4, 0.5) is 4.39 Å². The van der Waals surface area contributed by atoms with Gasteiger partial charge >= 0.3 is 0 Å². The van der Waals surface area contributed by atoms with Crippen molar-refractivity contribution in [2.45, 2.75) is 31.6 Å². The number of rotatable bonds is 4. The van der Waals surface area contributed by atoms with Gasteiger partial charge in [-0.1, -0.05) is 19.4 Å². The molecule has 0 radical (unpaired) electrons. The van der Waals surface area contributed by atoms with Crippen LogP contribution < -0.4 is 0 Å². The molecular weight excluding hydrogens is 263 g/mol. The van der Waals surface area contributed by atoms with Gasteiger partial charge in [0, 0.05) is 4.47 Å². The molecule has 1 aromatic rings. The molecule has 14 heavy (non-hydrogen) atoms. The first kappa shape index (κ1) is 12.1. The maximum Gasteiger partial charge on any atom is 0.140 e. The van der Waals surface area contributed by atoms with Crippen LogP contribution >= 0.6 is 27.7 Å². The Morgan fingerprint density at radius 2 is 2.14 bits per heavy atom. The van der Waals surface area contributed by atoms with Crippen LogP contribution in [0.2, 0.25) is 0 Å². The average Bonchev–Trinajstić information content (AvgIpc) is 2.18. The Bertz CT molecular complexity index is 312. The molecule has 0 saturated carbocycles. The fourth-order valence-electron chi connectivity index (χ4n) is 1.08. The van der Waals surface area contributed by atoms with Crippen molar-refractivity contribution in [2.75, 3.05) is 5.75 Å². The van der Waals surface area contributed by atoms with Crippen LogP contribution in [0.5, 0.6) is 0 Å². The highest BCUT2D eigenvalue weighted by Gasteiger charge is 2.09. The first-order chi connectivity index (χ1) is 6.66. The molecule has 0 N–H and O–H groups in total. The van der Waals surface area contributed by atoms with E-state index in [1.165, 1.54) is 0 Å². The van der Waals surface area contributed by atoms with E-state index in [1.54, 1.807) is 24.8 Å². The smallest absolute Gasteiger partial charge is 0.140 e. The normalized spacial score (nSPS) is 10.6. The van der Waals surface area contributed by atoms with Gasteiger partial charge in [0.25, 0.3) is 0 Å². The molecule has 0 bridgehead atoms. The van der Waals surface area contributed by atoms with Gasteiger partial charge in [-0.15, -0.1) is 11.8 Å². The third-order valence-corrected chi connectivity index (χ3v) is 4.09. The molecule has 0 nitrogen and oxygen atoms in total. The van der Waals surface area contributed by atoms with Crippen LogP contribution in [0.3, 0.4) is 0 Å². The van der Waals surface area contributed by atoms with E-state index in [-0.39, 0.29) is 5.82 Å². The lowest BCUT2D eigenvalue weighted by molar-refractivity contribution is 0.590. The molecule has 0 heterocycles. The molecule has 1 aromatic carbocycles. The van der Waals surface area contributed by atoms with E-state index >= 15 is 0 Å². The van der Waals surface area contributed by atoms with Crippen LogP contribution in [0.25, 0.3) is 0 Å². The summed E-state index contributed by atoms with van der Waals surface area (Å²) in [5.74, 6) is 0.899. The van der Waals surface area contributed by atoms with E-state index in [0.29, 0.717) is 5.56 Å². The summed E-state index contributed by atoms with van der Waals surface area (Å²) >= 11 is 4.96. The number of hydrogen-bond acceptors (Lipinski definition) is 1. The fraction of sp³-hybridized carbons (Fsp3) is 0.455. The first-order valence-corrected chi connectivity index (χ1v) is 6.52. The van der Waals surface area contributed by atoms with Gasteiger partial charge < -0.3 is 0 Å². The number of halogens is 2. The highest BCUT2D eigenvalue weighted by molar-refractivity contribution is 9.10. The molecule has 0 aromatic heterocycles. The van der Waals surface area contributed by atoms with Crippen molar-refractivity contribution in [3.05, 3.63) is 28.0 Å². The monoisotopic (exact) mass is 276 g/mol. The van der Waals surface area contributed by atoms with Crippen molar-refractivity contribution >= 4 is 27.7 Å². The van der Waals surface area contributed by atoms with Crippen molar-refractivity contribution in [1.82, 2.24) is 0 Å². The van der Waals surface area contributed by atoms with E-state index < -0.39 is 0 Å². The molecule has 0 aliphatic heterocycles. The zero-order valence-corrected chi connectivity index (χ0v) is 10.8. The molecule has 0 saturated heterocycles. The third kappa shape index (κ3) is 2.99. The van der Waals surface area contributed by atoms with Gasteiger partial charge in [0.1, 0.15) is 5.82 Å². The van der Waals surface area contributed by atoms with E-state index in [4.69, 9.17) is 0 Å². The van der Waals surface area contributed by atoms with Gasteiger partial charge in [-0.25, -0.2) is 4.39 Å². The minimum atomic E-state index is -0.0829. The molecule has 3 heteroatoms. The van der Waals surface area contributed by atoms with Crippen LogP contribution in [0.15, 0.2) is 21.5 Å². The minimum Gasteiger partial charge on any atom is -0.205 e. The lowest BCUT2D eigenvalue weighted by Crippen LogP contribution is -1.89. The van der Waals surface area contributed by atoms with E-state index in [1.807, 2.05) is 6.07 Å². The van der Waals surface area contributed by atoms with Gasteiger partial charge in [0.05, 0.1) is 4.90 Å². The van der Waals surface area contributed by atoms with Crippen LogP contribution in [0.1, 0.15) is 25.3 Å². The summed E-state index contributed by atoms with van der Waals surface area (Å²) < 4.78 is 14.5. The summed E-state index contributed by atoms with van der Waals surface area (Å²) in [6.45, 7) is 3.94. The van der Waals surface area contributed by atoms with Gasteiger partial charge in [-0.2, -0.15) is 0 Å². The lowest BCUT2D eigenvalue weighted by atomic mass is 10.2. The number of benzene rings is 1. The van der Waals surface area contributed by atoms with Crippen molar-refractivity contribution in [2.24, 2.45) is 0 Å². The maximum absolute atomic E-state index is 13.6. The summed E-state index contributed by atoms with van der Waals surface area (Å²) in [5.41, 5.74) is 0.715. The van der Waals surface area contributed by atoms with Gasteiger partial charge in [-0.3, -0.25) is 0 Å². The Labute approximate surface area is 97.4 Å². The number of hydrogen-bond donors (Lipinski definition) is 0. The summed E-state index contributed by atoms with van der Waals surface area (Å²) in [6.07, 6.45) is 2.28. The molecule has 0 spiro atoms. The molecule has 0 fully saturated rings. The Hall–Kier alpha value is -0.0200. The zero-order valence-electron chi connectivity index (χ0n) is 8.44. The SMILES string of the molecule is CCCCSc1c(Br)ccc(C)c1F. The van der Waals surface area contributed by atoms with Gasteiger partial charge in [0.15, 0.2) is 0 Å². The second-order valence-electron chi connectivity index (χ2n) is 3.21. The second kappa shape index (κ2) is 5.76. The molecule has 1 rings (SSSR count). The minimum absolute atomic E-state index is 0.0829. The lowest BCUT2D eigenvalue weighted by Gasteiger charge is -2.07. The largest absolute Gasteiger partial charge is 0.205 e. The Morgan fingerprint density at radius 3 is 2.79 bits per heavy atom. The highest BCUT2D eigenvalue weighted by Crippen LogP contribution is 2.32. The van der Waals surface area contributed by atoms with Crippen LogP contribution in [0, 0.1) is 12.7 Å².